The number of carbonyl (C=O) groups is 1. The number of benzene rings is 2. The lowest BCUT2D eigenvalue weighted by Gasteiger charge is -2.20. The Morgan fingerprint density at radius 3 is 2.33 bits per heavy atom. The lowest BCUT2D eigenvalue weighted by atomic mass is 10.0. The first-order valence-corrected chi connectivity index (χ1v) is 10.4. The van der Waals surface area contributed by atoms with E-state index >= 15 is 0 Å². The summed E-state index contributed by atoms with van der Waals surface area (Å²) in [6.07, 6.45) is 0.595. The highest BCUT2D eigenvalue weighted by Crippen LogP contribution is 2.29. The molecule has 2 aromatic carbocycles. The summed E-state index contributed by atoms with van der Waals surface area (Å²) in [7, 11) is -3.87. The largest absolute Gasteiger partial charge is 0.492 e. The number of rotatable bonds is 8. The predicted octanol–water partition coefficient (Wildman–Crippen LogP) is 3.78. The van der Waals surface area contributed by atoms with Crippen LogP contribution in [-0.4, -0.2) is 20.9 Å². The molecule has 6 nitrogen and oxygen atoms in total. The predicted molar refractivity (Wildman–Crippen MR) is 106 cm³/mol. The van der Waals surface area contributed by atoms with Crippen molar-refractivity contribution in [3.05, 3.63) is 53.6 Å². The number of ether oxygens (including phenoxy) is 1. The number of carbonyl (C=O) groups excluding carboxylic acids is 1. The first-order valence-electron chi connectivity index (χ1n) is 8.90. The van der Waals surface area contributed by atoms with Gasteiger partial charge in [0.05, 0.1) is 6.61 Å². The quantitative estimate of drug-likeness (QED) is 0.718. The maximum absolute atomic E-state index is 13.1. The molecular formula is C20H26N2O4S. The van der Waals surface area contributed by atoms with Gasteiger partial charge in [-0.2, -0.15) is 0 Å². The smallest absolute Gasteiger partial charge is 0.244 e. The number of sulfonamides is 1. The number of hydrogen-bond donors (Lipinski definition) is 2. The molecule has 0 bridgehead atoms. The van der Waals surface area contributed by atoms with E-state index in [-0.39, 0.29) is 22.6 Å². The van der Waals surface area contributed by atoms with Gasteiger partial charge in [0.25, 0.3) is 0 Å². The van der Waals surface area contributed by atoms with Gasteiger partial charge in [0.15, 0.2) is 0 Å². The average Bonchev–Trinajstić information content (AvgIpc) is 2.61. The summed E-state index contributed by atoms with van der Waals surface area (Å²) in [5.41, 5.74) is 2.40. The highest BCUT2D eigenvalue weighted by atomic mass is 32.2. The van der Waals surface area contributed by atoms with Crippen LogP contribution in [0.5, 0.6) is 5.75 Å². The van der Waals surface area contributed by atoms with Gasteiger partial charge in [-0.1, -0.05) is 36.8 Å². The summed E-state index contributed by atoms with van der Waals surface area (Å²) < 4.78 is 34.4. The van der Waals surface area contributed by atoms with E-state index in [4.69, 9.17) is 4.74 Å². The van der Waals surface area contributed by atoms with E-state index in [9.17, 15) is 13.2 Å². The Bertz CT molecular complexity index is 893. The van der Waals surface area contributed by atoms with E-state index in [1.807, 2.05) is 38.1 Å². The van der Waals surface area contributed by atoms with Crippen LogP contribution < -0.4 is 14.8 Å². The fraction of sp³-hybridized carbons (Fsp3) is 0.350. The average molecular weight is 391 g/mol. The molecule has 0 heterocycles. The maximum atomic E-state index is 13.1. The Morgan fingerprint density at radius 1 is 1.11 bits per heavy atom. The van der Waals surface area contributed by atoms with Gasteiger partial charge in [-0.3, -0.25) is 4.79 Å². The summed E-state index contributed by atoms with van der Waals surface area (Å²) >= 11 is 0. The molecule has 1 atom stereocenters. The third-order valence-electron chi connectivity index (χ3n) is 4.04. The Hall–Kier alpha value is -2.38. The second-order valence-corrected chi connectivity index (χ2v) is 7.95. The van der Waals surface area contributed by atoms with Crippen molar-refractivity contribution in [2.75, 3.05) is 11.9 Å². The molecule has 2 N–H and O–H groups in total. The maximum Gasteiger partial charge on any atom is 0.244 e. The molecular weight excluding hydrogens is 364 g/mol. The molecule has 7 heteroatoms. The van der Waals surface area contributed by atoms with Gasteiger partial charge in [-0.15, -0.1) is 0 Å². The molecule has 1 amide bonds. The Kier molecular flexibility index (Phi) is 6.98. The normalized spacial score (nSPS) is 12.4. The number of anilines is 1. The van der Waals surface area contributed by atoms with Gasteiger partial charge >= 0.3 is 0 Å². The van der Waals surface area contributed by atoms with E-state index in [1.165, 1.54) is 13.0 Å². The first kappa shape index (κ1) is 20.9. The lowest BCUT2D eigenvalue weighted by molar-refractivity contribution is -0.114. The zero-order valence-corrected chi connectivity index (χ0v) is 16.9. The minimum absolute atomic E-state index is 0.00108. The van der Waals surface area contributed by atoms with Gasteiger partial charge in [-0.05, 0) is 44.0 Å². The van der Waals surface area contributed by atoms with Crippen LogP contribution in [-0.2, 0) is 14.8 Å². The summed E-state index contributed by atoms with van der Waals surface area (Å²) in [5.74, 6) is -0.0283. The van der Waals surface area contributed by atoms with Crippen LogP contribution in [0.1, 0.15) is 44.4 Å². The van der Waals surface area contributed by atoms with E-state index < -0.39 is 10.0 Å². The van der Waals surface area contributed by atoms with Crippen LogP contribution in [0.2, 0.25) is 0 Å². The third kappa shape index (κ3) is 5.55. The van der Waals surface area contributed by atoms with Crippen molar-refractivity contribution < 1.29 is 17.9 Å². The fourth-order valence-corrected chi connectivity index (χ4v) is 4.19. The van der Waals surface area contributed by atoms with Crippen molar-refractivity contribution in [2.24, 2.45) is 0 Å². The molecule has 0 radical (unpaired) electrons. The van der Waals surface area contributed by atoms with Gasteiger partial charge < -0.3 is 10.1 Å². The van der Waals surface area contributed by atoms with Crippen molar-refractivity contribution in [2.45, 2.75) is 45.1 Å². The second kappa shape index (κ2) is 9.01. The van der Waals surface area contributed by atoms with Crippen molar-refractivity contribution >= 4 is 21.6 Å². The van der Waals surface area contributed by atoms with Crippen LogP contribution >= 0.6 is 0 Å². The van der Waals surface area contributed by atoms with Crippen molar-refractivity contribution in [3.63, 3.8) is 0 Å². The van der Waals surface area contributed by atoms with E-state index in [0.29, 0.717) is 18.7 Å². The van der Waals surface area contributed by atoms with Crippen molar-refractivity contribution in [3.8, 4) is 5.75 Å². The first-order chi connectivity index (χ1) is 12.8. The Balaban J connectivity index is 2.40. The van der Waals surface area contributed by atoms with Gasteiger partial charge in [-0.25, -0.2) is 13.1 Å². The van der Waals surface area contributed by atoms with Crippen molar-refractivity contribution in [1.29, 1.82) is 0 Å². The summed E-state index contributed by atoms with van der Waals surface area (Å²) in [6.45, 7) is 7.39. The molecule has 2 rings (SSSR count). The molecule has 0 aliphatic rings. The molecule has 0 saturated carbocycles. The van der Waals surface area contributed by atoms with E-state index in [1.54, 1.807) is 19.1 Å². The summed E-state index contributed by atoms with van der Waals surface area (Å²) in [5, 5.41) is 2.61. The SMILES string of the molecule is CCOc1ccc(NC(C)=O)cc1S(=O)(=O)N[C@@H](CC)c1ccc(C)cc1. The van der Waals surface area contributed by atoms with Crippen LogP contribution in [0, 0.1) is 6.92 Å². The van der Waals surface area contributed by atoms with Crippen molar-refractivity contribution in [1.82, 2.24) is 4.72 Å². The number of hydrogen-bond acceptors (Lipinski definition) is 4. The standard InChI is InChI=1S/C20H26N2O4S/c1-5-18(16-9-7-14(3)8-10-16)22-27(24,25)20-13-17(21-15(4)23)11-12-19(20)26-6-2/h7-13,18,22H,5-6H2,1-4H3,(H,21,23)/t18-/m0/s1. The van der Waals surface area contributed by atoms with Crippen LogP contribution in [0.15, 0.2) is 47.4 Å². The van der Waals surface area contributed by atoms with Gasteiger partial charge in [0, 0.05) is 18.7 Å². The monoisotopic (exact) mass is 390 g/mol. The number of nitrogens with one attached hydrogen (secondary N) is 2. The molecule has 0 aromatic heterocycles. The zero-order chi connectivity index (χ0) is 20.0. The summed E-state index contributed by atoms with van der Waals surface area (Å²) in [4.78, 5) is 11.3. The molecule has 2 aromatic rings. The fourth-order valence-electron chi connectivity index (χ4n) is 2.71. The highest BCUT2D eigenvalue weighted by Gasteiger charge is 2.24. The lowest BCUT2D eigenvalue weighted by Crippen LogP contribution is -2.29. The molecule has 27 heavy (non-hydrogen) atoms. The van der Waals surface area contributed by atoms with Crippen LogP contribution in [0.3, 0.4) is 0 Å². The van der Waals surface area contributed by atoms with Crippen LogP contribution in [0.4, 0.5) is 5.69 Å². The van der Waals surface area contributed by atoms with E-state index in [0.717, 1.165) is 11.1 Å². The van der Waals surface area contributed by atoms with Crippen LogP contribution in [0.25, 0.3) is 0 Å². The molecule has 146 valence electrons. The van der Waals surface area contributed by atoms with Gasteiger partial charge in [0.1, 0.15) is 10.6 Å². The van der Waals surface area contributed by atoms with Gasteiger partial charge in [0.2, 0.25) is 15.9 Å². The second-order valence-electron chi connectivity index (χ2n) is 6.27. The molecule has 0 fully saturated rings. The Morgan fingerprint density at radius 2 is 1.78 bits per heavy atom. The number of amides is 1. The number of aryl methyl sites for hydroxylation is 1. The topological polar surface area (TPSA) is 84.5 Å². The molecule has 0 spiro atoms. The van der Waals surface area contributed by atoms with E-state index in [2.05, 4.69) is 10.0 Å². The minimum atomic E-state index is -3.87. The Labute approximate surface area is 161 Å². The minimum Gasteiger partial charge on any atom is -0.492 e. The third-order valence-corrected chi connectivity index (χ3v) is 5.53. The molecule has 0 unspecified atom stereocenters. The molecule has 0 aliphatic carbocycles. The summed E-state index contributed by atoms with van der Waals surface area (Å²) in [6, 6.07) is 12.0. The highest BCUT2D eigenvalue weighted by molar-refractivity contribution is 7.89. The molecule has 0 saturated heterocycles. The zero-order valence-electron chi connectivity index (χ0n) is 16.1. The molecule has 0 aliphatic heterocycles.